The molecule has 166 valence electrons. The third-order valence-corrected chi connectivity index (χ3v) is 5.36. The van der Waals surface area contributed by atoms with Gasteiger partial charge in [0.2, 0.25) is 0 Å². The second-order valence-electron chi connectivity index (χ2n) is 7.02. The van der Waals surface area contributed by atoms with E-state index in [1.165, 1.54) is 18.2 Å². The summed E-state index contributed by atoms with van der Waals surface area (Å²) in [7, 11) is -3.24. The smallest absolute Gasteiger partial charge is 0.191 e. The van der Waals surface area contributed by atoms with Gasteiger partial charge in [-0.15, -0.1) is 24.0 Å². The third-order valence-electron chi connectivity index (χ3n) is 4.52. The van der Waals surface area contributed by atoms with Crippen molar-refractivity contribution in [3.8, 4) is 0 Å². The summed E-state index contributed by atoms with van der Waals surface area (Å²) in [6.07, 6.45) is 2.93. The summed E-state index contributed by atoms with van der Waals surface area (Å²) in [6, 6.07) is 14.0. The summed E-state index contributed by atoms with van der Waals surface area (Å²) in [5.41, 5.74) is 3.10. The molecule has 0 radical (unpaired) electrons. The molecule has 0 aliphatic heterocycles. The van der Waals surface area contributed by atoms with Crippen LogP contribution in [0.1, 0.15) is 23.6 Å². The molecular formula is C22H26FIN4O2S. The van der Waals surface area contributed by atoms with Crippen LogP contribution in [0.15, 0.2) is 59.7 Å². The Morgan fingerprint density at radius 3 is 2.58 bits per heavy atom. The number of guanidine groups is 1. The number of nitrogens with one attached hydrogen (secondary N) is 2. The third kappa shape index (κ3) is 7.42. The number of fused-ring (bicyclic) bond motifs is 1. The fourth-order valence-electron chi connectivity index (χ4n) is 3.16. The molecule has 0 atom stereocenters. The molecule has 2 aromatic carbocycles. The first-order valence-electron chi connectivity index (χ1n) is 9.65. The van der Waals surface area contributed by atoms with Gasteiger partial charge in [0, 0.05) is 30.9 Å². The maximum Gasteiger partial charge on any atom is 0.191 e. The topological polar surface area (TPSA) is 83.5 Å². The molecule has 0 unspecified atom stereocenters. The van der Waals surface area contributed by atoms with Crippen LogP contribution in [-0.2, 0) is 28.7 Å². The highest BCUT2D eigenvalue weighted by molar-refractivity contribution is 14.0. The lowest BCUT2D eigenvalue weighted by atomic mass is 10.1. The Labute approximate surface area is 199 Å². The number of sulfone groups is 1. The Bertz CT molecular complexity index is 1160. The Hall–Kier alpha value is -2.27. The molecule has 0 aliphatic rings. The highest BCUT2D eigenvalue weighted by atomic mass is 127. The maximum atomic E-state index is 13.7. The van der Waals surface area contributed by atoms with Crippen LogP contribution in [0, 0.1) is 5.82 Å². The Kier molecular flexibility index (Phi) is 9.17. The molecule has 0 aliphatic carbocycles. The van der Waals surface area contributed by atoms with E-state index in [-0.39, 0.29) is 36.3 Å². The van der Waals surface area contributed by atoms with Crippen molar-refractivity contribution in [2.45, 2.75) is 25.8 Å². The van der Waals surface area contributed by atoms with Gasteiger partial charge in [-0.25, -0.2) is 17.8 Å². The first-order chi connectivity index (χ1) is 14.4. The van der Waals surface area contributed by atoms with Gasteiger partial charge in [-0.3, -0.25) is 4.98 Å². The van der Waals surface area contributed by atoms with Crippen LogP contribution in [0.25, 0.3) is 10.9 Å². The minimum Gasteiger partial charge on any atom is -0.357 e. The number of nitrogens with zero attached hydrogens (tertiary/aromatic N) is 2. The van der Waals surface area contributed by atoms with E-state index < -0.39 is 15.7 Å². The minimum absolute atomic E-state index is 0. The number of aliphatic imine (C=N–C) groups is 1. The normalized spacial score (nSPS) is 11.8. The van der Waals surface area contributed by atoms with Gasteiger partial charge >= 0.3 is 0 Å². The van der Waals surface area contributed by atoms with Crippen molar-refractivity contribution in [2.24, 2.45) is 4.99 Å². The first kappa shape index (κ1) is 25.0. The fourth-order valence-corrected chi connectivity index (χ4v) is 4.01. The number of pyridine rings is 1. The lowest BCUT2D eigenvalue weighted by Gasteiger charge is -2.13. The Morgan fingerprint density at radius 1 is 1.06 bits per heavy atom. The van der Waals surface area contributed by atoms with Gasteiger partial charge in [0.05, 0.1) is 17.8 Å². The lowest BCUT2D eigenvalue weighted by Crippen LogP contribution is -2.36. The average molecular weight is 556 g/mol. The van der Waals surface area contributed by atoms with Crippen LogP contribution in [0.4, 0.5) is 4.39 Å². The lowest BCUT2D eigenvalue weighted by molar-refractivity contribution is 0.600. The summed E-state index contributed by atoms with van der Waals surface area (Å²) in [5, 5.41) is 7.50. The molecule has 0 bridgehead atoms. The standard InChI is InChI=1S/C22H25FN4O2S.HI/c1-3-24-22(26-13-16-10-11-25-21-7-5-4-6-20(16)21)27-14-18-12-19(23)9-8-17(18)15-30(2,28)29;/h4-12H,3,13-15H2,1-2H3,(H2,24,26,27);1H. The monoisotopic (exact) mass is 556 g/mol. The fraction of sp³-hybridized carbons (Fsp3) is 0.273. The SMILES string of the molecule is CCNC(=NCc1cc(F)ccc1CS(C)(=O)=O)NCc1ccnc2ccccc12.I. The molecule has 1 aromatic heterocycles. The van der Waals surface area contributed by atoms with Crippen LogP contribution in [0.5, 0.6) is 0 Å². The average Bonchev–Trinajstić information content (AvgIpc) is 2.71. The molecule has 0 fully saturated rings. The van der Waals surface area contributed by atoms with E-state index in [0.29, 0.717) is 30.2 Å². The van der Waals surface area contributed by atoms with Crippen molar-refractivity contribution in [3.05, 3.63) is 77.2 Å². The Morgan fingerprint density at radius 2 is 1.84 bits per heavy atom. The quantitative estimate of drug-likeness (QED) is 0.263. The van der Waals surface area contributed by atoms with Crippen molar-refractivity contribution in [2.75, 3.05) is 12.8 Å². The van der Waals surface area contributed by atoms with Crippen molar-refractivity contribution < 1.29 is 12.8 Å². The van der Waals surface area contributed by atoms with Crippen molar-refractivity contribution in [1.82, 2.24) is 15.6 Å². The van der Waals surface area contributed by atoms with E-state index in [1.807, 2.05) is 37.3 Å². The summed E-state index contributed by atoms with van der Waals surface area (Å²) >= 11 is 0. The zero-order valence-corrected chi connectivity index (χ0v) is 20.6. The largest absolute Gasteiger partial charge is 0.357 e. The van der Waals surface area contributed by atoms with Crippen molar-refractivity contribution in [3.63, 3.8) is 0 Å². The minimum atomic E-state index is -3.24. The molecule has 2 N–H and O–H groups in total. The number of hydrogen-bond acceptors (Lipinski definition) is 4. The van der Waals surface area contributed by atoms with Crippen molar-refractivity contribution in [1.29, 1.82) is 0 Å². The maximum absolute atomic E-state index is 13.7. The van der Waals surface area contributed by atoms with Crippen LogP contribution < -0.4 is 10.6 Å². The van der Waals surface area contributed by atoms with E-state index >= 15 is 0 Å². The molecule has 9 heteroatoms. The molecule has 0 saturated carbocycles. The summed E-state index contributed by atoms with van der Waals surface area (Å²) in [6.45, 7) is 3.31. The van der Waals surface area contributed by atoms with Crippen LogP contribution in [0.2, 0.25) is 0 Å². The zero-order chi connectivity index (χ0) is 21.6. The zero-order valence-electron chi connectivity index (χ0n) is 17.4. The summed E-state index contributed by atoms with van der Waals surface area (Å²) < 4.78 is 37.1. The van der Waals surface area contributed by atoms with Crippen molar-refractivity contribution >= 4 is 50.7 Å². The highest BCUT2D eigenvalue weighted by Crippen LogP contribution is 2.17. The summed E-state index contributed by atoms with van der Waals surface area (Å²) in [4.78, 5) is 8.90. The van der Waals surface area contributed by atoms with Gasteiger partial charge in [0.25, 0.3) is 0 Å². The van der Waals surface area contributed by atoms with Crippen LogP contribution >= 0.6 is 24.0 Å². The van der Waals surface area contributed by atoms with Crippen LogP contribution in [0.3, 0.4) is 0 Å². The van der Waals surface area contributed by atoms with E-state index in [4.69, 9.17) is 0 Å². The second-order valence-corrected chi connectivity index (χ2v) is 9.16. The number of hydrogen-bond donors (Lipinski definition) is 2. The highest BCUT2D eigenvalue weighted by Gasteiger charge is 2.11. The van der Waals surface area contributed by atoms with Gasteiger partial charge in [-0.2, -0.15) is 0 Å². The molecular weight excluding hydrogens is 530 g/mol. The van der Waals surface area contributed by atoms with Gasteiger partial charge in [0.1, 0.15) is 5.82 Å². The number of halogens is 2. The molecule has 1 heterocycles. The van der Waals surface area contributed by atoms with E-state index in [9.17, 15) is 12.8 Å². The number of aromatic nitrogens is 1. The van der Waals surface area contributed by atoms with Gasteiger partial charge in [0.15, 0.2) is 15.8 Å². The molecule has 0 saturated heterocycles. The Balaban J connectivity index is 0.00000341. The molecule has 6 nitrogen and oxygen atoms in total. The molecule has 3 aromatic rings. The van der Waals surface area contributed by atoms with E-state index in [0.717, 1.165) is 22.7 Å². The molecule has 0 spiro atoms. The number of rotatable bonds is 7. The number of benzene rings is 2. The first-order valence-corrected chi connectivity index (χ1v) is 11.7. The molecule has 31 heavy (non-hydrogen) atoms. The second kappa shape index (κ2) is 11.4. The van der Waals surface area contributed by atoms with E-state index in [2.05, 4.69) is 20.6 Å². The van der Waals surface area contributed by atoms with E-state index in [1.54, 1.807) is 6.20 Å². The van der Waals surface area contributed by atoms with Gasteiger partial charge < -0.3 is 10.6 Å². The number of para-hydroxylation sites is 1. The van der Waals surface area contributed by atoms with Gasteiger partial charge in [-0.1, -0.05) is 24.3 Å². The van der Waals surface area contributed by atoms with Gasteiger partial charge in [-0.05, 0) is 47.9 Å². The molecule has 3 rings (SSSR count). The van der Waals surface area contributed by atoms with Crippen LogP contribution in [-0.4, -0.2) is 32.2 Å². The predicted molar refractivity (Wildman–Crippen MR) is 134 cm³/mol. The summed E-state index contributed by atoms with van der Waals surface area (Å²) in [5.74, 6) is -0.00269. The molecule has 0 amide bonds. The predicted octanol–water partition coefficient (Wildman–Crippen LogP) is 3.79.